The topological polar surface area (TPSA) is 66.4 Å². The number of hydrogen-bond donors (Lipinski definition) is 0. The fraction of sp³-hybridized carbons (Fsp3) is 0. The molecule has 0 amide bonds. The third kappa shape index (κ3) is 7.11. The average molecular weight is 281 g/mol. The zero-order chi connectivity index (χ0) is 11.8. The van der Waals surface area contributed by atoms with Crippen LogP contribution in [0.2, 0.25) is 0 Å². The van der Waals surface area contributed by atoms with Gasteiger partial charge in [-0.3, -0.25) is 0 Å². The molecule has 17 heavy (non-hydrogen) atoms. The van der Waals surface area contributed by atoms with Crippen molar-refractivity contribution in [3.05, 3.63) is 54.3 Å². The fourth-order valence-electron chi connectivity index (χ4n) is 0.919. The summed E-state index contributed by atoms with van der Waals surface area (Å²) in [7, 11) is 0. The summed E-state index contributed by atoms with van der Waals surface area (Å²) in [5.41, 5.74) is 0.874. The standard InChI is InChI=1S/C12H10O4.Cu/c13-11(14)6-7-12(15)16-9-8-10-4-2-1-3-5-10;/h1-9H,(H,13,14);/q;+1/p-1/b7-6-,9-8?;. The molecule has 0 atom stereocenters. The first-order valence-corrected chi connectivity index (χ1v) is 4.50. The molecule has 0 bridgehead atoms. The van der Waals surface area contributed by atoms with Gasteiger partial charge in [0.2, 0.25) is 0 Å². The number of carboxylic acid groups (broad SMARTS) is 1. The van der Waals surface area contributed by atoms with Gasteiger partial charge < -0.3 is 14.6 Å². The molecule has 1 aromatic carbocycles. The molecular formula is C12H9CuO4. The minimum Gasteiger partial charge on any atom is -0.545 e. The van der Waals surface area contributed by atoms with Crippen LogP contribution in [0, 0.1) is 0 Å². The molecule has 1 aromatic rings. The van der Waals surface area contributed by atoms with E-state index < -0.39 is 11.9 Å². The van der Waals surface area contributed by atoms with Gasteiger partial charge in [0.05, 0.1) is 12.2 Å². The van der Waals surface area contributed by atoms with Gasteiger partial charge in [-0.1, -0.05) is 30.3 Å². The van der Waals surface area contributed by atoms with E-state index in [4.69, 9.17) is 0 Å². The number of hydrogen-bond acceptors (Lipinski definition) is 4. The maximum atomic E-state index is 10.9. The Balaban J connectivity index is 0.00000256. The smallest absolute Gasteiger partial charge is 0.545 e. The van der Waals surface area contributed by atoms with Crippen LogP contribution < -0.4 is 5.11 Å². The molecule has 0 radical (unpaired) electrons. The third-order valence-electron chi connectivity index (χ3n) is 1.60. The summed E-state index contributed by atoms with van der Waals surface area (Å²) in [4.78, 5) is 20.9. The predicted molar refractivity (Wildman–Crippen MR) is 55.7 cm³/mol. The van der Waals surface area contributed by atoms with Gasteiger partial charge in [-0.2, -0.15) is 0 Å². The van der Waals surface area contributed by atoms with Crippen LogP contribution >= 0.6 is 0 Å². The SMILES string of the molecule is O=C([O-])/C=C\C(=O)OC=Cc1ccccc1.[Cu+]. The molecule has 0 saturated carbocycles. The van der Waals surface area contributed by atoms with Crippen molar-refractivity contribution in [3.8, 4) is 0 Å². The third-order valence-corrected chi connectivity index (χ3v) is 1.60. The van der Waals surface area contributed by atoms with Gasteiger partial charge >= 0.3 is 23.0 Å². The Kier molecular flexibility index (Phi) is 7.43. The molecule has 0 unspecified atom stereocenters. The predicted octanol–water partition coefficient (Wildman–Crippen LogP) is 0.504. The second kappa shape index (κ2) is 8.33. The van der Waals surface area contributed by atoms with Gasteiger partial charge in [0.15, 0.2) is 0 Å². The van der Waals surface area contributed by atoms with Gasteiger partial charge in [-0.25, -0.2) is 4.79 Å². The van der Waals surface area contributed by atoms with E-state index in [2.05, 4.69) is 4.74 Å². The van der Waals surface area contributed by atoms with Gasteiger partial charge in [0.1, 0.15) is 0 Å². The largest absolute Gasteiger partial charge is 1.00 e. The van der Waals surface area contributed by atoms with Gasteiger partial charge in [-0.05, 0) is 17.7 Å². The Morgan fingerprint density at radius 3 is 2.35 bits per heavy atom. The van der Waals surface area contributed by atoms with Crippen LogP contribution in [0.15, 0.2) is 48.7 Å². The zero-order valence-electron chi connectivity index (χ0n) is 8.63. The van der Waals surface area contributed by atoms with Gasteiger partial charge in [0, 0.05) is 6.08 Å². The molecule has 4 nitrogen and oxygen atoms in total. The van der Waals surface area contributed by atoms with Crippen molar-refractivity contribution >= 4 is 18.0 Å². The monoisotopic (exact) mass is 280 g/mol. The van der Waals surface area contributed by atoms with E-state index >= 15 is 0 Å². The molecule has 0 aliphatic carbocycles. The minimum atomic E-state index is -1.44. The summed E-state index contributed by atoms with van der Waals surface area (Å²) in [5.74, 6) is -2.21. The Bertz CT molecular complexity index is 423. The van der Waals surface area contributed by atoms with Gasteiger partial charge in [0.25, 0.3) is 0 Å². The van der Waals surface area contributed by atoms with Crippen LogP contribution in [-0.2, 0) is 31.4 Å². The summed E-state index contributed by atoms with van der Waals surface area (Å²) in [6, 6.07) is 9.23. The molecule has 5 heteroatoms. The molecule has 0 saturated heterocycles. The van der Waals surface area contributed by atoms with Crippen molar-refractivity contribution in [3.63, 3.8) is 0 Å². The molecule has 0 spiro atoms. The van der Waals surface area contributed by atoms with E-state index in [1.807, 2.05) is 30.3 Å². The van der Waals surface area contributed by atoms with Crippen LogP contribution in [0.4, 0.5) is 0 Å². The molecule has 92 valence electrons. The second-order valence-corrected chi connectivity index (χ2v) is 2.80. The van der Waals surface area contributed by atoms with E-state index in [1.54, 1.807) is 6.08 Å². The van der Waals surface area contributed by atoms with Crippen LogP contribution in [0.1, 0.15) is 5.56 Å². The van der Waals surface area contributed by atoms with E-state index in [0.29, 0.717) is 6.08 Å². The maximum absolute atomic E-state index is 10.9. The molecule has 1 rings (SSSR count). The van der Waals surface area contributed by atoms with Crippen molar-refractivity contribution in [1.82, 2.24) is 0 Å². The fourth-order valence-corrected chi connectivity index (χ4v) is 0.919. The maximum Gasteiger partial charge on any atom is 1.00 e. The zero-order valence-corrected chi connectivity index (χ0v) is 9.57. The average Bonchev–Trinajstić information content (AvgIpc) is 2.28. The number of aliphatic carboxylic acids is 1. The first kappa shape index (κ1) is 15.2. The minimum absolute atomic E-state index is 0. The van der Waals surface area contributed by atoms with E-state index in [0.717, 1.165) is 11.6 Å². The van der Waals surface area contributed by atoms with Crippen LogP contribution in [-0.4, -0.2) is 11.9 Å². The Morgan fingerprint density at radius 2 is 1.76 bits per heavy atom. The molecule has 0 N–H and O–H groups in total. The van der Waals surface area contributed by atoms with E-state index in [9.17, 15) is 14.7 Å². The van der Waals surface area contributed by atoms with Crippen molar-refractivity contribution < 1.29 is 36.5 Å². The van der Waals surface area contributed by atoms with Crippen LogP contribution in [0.3, 0.4) is 0 Å². The summed E-state index contributed by atoms with van der Waals surface area (Å²) in [6.07, 6.45) is 4.17. The van der Waals surface area contributed by atoms with Crippen LogP contribution in [0.5, 0.6) is 0 Å². The van der Waals surface area contributed by atoms with Gasteiger partial charge in [-0.15, -0.1) is 0 Å². The van der Waals surface area contributed by atoms with Crippen molar-refractivity contribution in [2.45, 2.75) is 0 Å². The first-order chi connectivity index (χ1) is 7.68. The normalized spacial score (nSPS) is 10.1. The Labute approximate surface area is 109 Å². The molecule has 0 aromatic heterocycles. The summed E-state index contributed by atoms with van der Waals surface area (Å²) in [5, 5.41) is 9.98. The Morgan fingerprint density at radius 1 is 1.12 bits per heavy atom. The number of ether oxygens (including phenoxy) is 1. The van der Waals surface area contributed by atoms with Crippen molar-refractivity contribution in [2.75, 3.05) is 0 Å². The molecule has 0 aliphatic heterocycles. The quantitative estimate of drug-likeness (QED) is 0.349. The number of carboxylic acids is 1. The number of benzene rings is 1. The first-order valence-electron chi connectivity index (χ1n) is 4.50. The number of rotatable bonds is 4. The van der Waals surface area contributed by atoms with E-state index in [1.165, 1.54) is 6.26 Å². The number of carbonyl (C=O) groups excluding carboxylic acids is 2. The van der Waals surface area contributed by atoms with Crippen molar-refractivity contribution in [1.29, 1.82) is 0 Å². The van der Waals surface area contributed by atoms with E-state index in [-0.39, 0.29) is 17.1 Å². The Hall–Kier alpha value is -1.84. The summed E-state index contributed by atoms with van der Waals surface area (Å²) >= 11 is 0. The molecule has 0 heterocycles. The van der Waals surface area contributed by atoms with Crippen LogP contribution in [0.25, 0.3) is 6.08 Å². The molecule has 0 aliphatic rings. The number of carbonyl (C=O) groups is 2. The second-order valence-electron chi connectivity index (χ2n) is 2.80. The number of esters is 1. The molecule has 0 fully saturated rings. The summed E-state index contributed by atoms with van der Waals surface area (Å²) < 4.78 is 4.60. The molecular weight excluding hydrogens is 272 g/mol. The summed E-state index contributed by atoms with van der Waals surface area (Å²) in [6.45, 7) is 0. The van der Waals surface area contributed by atoms with Crippen molar-refractivity contribution in [2.24, 2.45) is 0 Å².